The summed E-state index contributed by atoms with van der Waals surface area (Å²) < 4.78 is 0. The number of H-pyrrole nitrogens is 1. The average Bonchev–Trinajstić information content (AvgIpc) is 2.97. The van der Waals surface area contributed by atoms with Gasteiger partial charge in [0.1, 0.15) is 5.69 Å². The zero-order chi connectivity index (χ0) is 14.8. The minimum atomic E-state index is 0.0392. The molecular formula is C16H20N4O. The number of aromatic nitrogens is 3. The lowest BCUT2D eigenvalue weighted by atomic mass is 9.97. The molecule has 3 rings (SSSR count). The molecule has 0 spiro atoms. The van der Waals surface area contributed by atoms with E-state index in [0.717, 1.165) is 24.1 Å². The topological polar surface area (TPSA) is 61.9 Å². The summed E-state index contributed by atoms with van der Waals surface area (Å²) in [6, 6.07) is 6.18. The van der Waals surface area contributed by atoms with Gasteiger partial charge in [0.15, 0.2) is 0 Å². The van der Waals surface area contributed by atoms with E-state index in [1.54, 1.807) is 12.4 Å². The average molecular weight is 284 g/mol. The van der Waals surface area contributed by atoms with Crippen LogP contribution >= 0.6 is 0 Å². The van der Waals surface area contributed by atoms with Crippen LogP contribution in [-0.2, 0) is 0 Å². The first-order valence-corrected chi connectivity index (χ1v) is 7.45. The summed E-state index contributed by atoms with van der Waals surface area (Å²) in [5.74, 6) is 0.0392. The van der Waals surface area contributed by atoms with Gasteiger partial charge < -0.3 is 4.90 Å². The maximum Gasteiger partial charge on any atom is 0.272 e. The number of aromatic amines is 1. The molecule has 1 aliphatic rings. The van der Waals surface area contributed by atoms with Crippen molar-refractivity contribution in [3.63, 3.8) is 0 Å². The van der Waals surface area contributed by atoms with E-state index in [0.29, 0.717) is 5.69 Å². The van der Waals surface area contributed by atoms with Crippen molar-refractivity contribution >= 4 is 5.91 Å². The van der Waals surface area contributed by atoms with Gasteiger partial charge in [-0.05, 0) is 51.3 Å². The number of rotatable bonds is 2. The number of piperidine rings is 1. The molecular weight excluding hydrogens is 264 g/mol. The summed E-state index contributed by atoms with van der Waals surface area (Å²) in [4.78, 5) is 18.8. The van der Waals surface area contributed by atoms with E-state index < -0.39 is 0 Å². The number of nitrogens with one attached hydrogen (secondary N) is 1. The fourth-order valence-corrected chi connectivity index (χ4v) is 3.05. The molecule has 2 unspecified atom stereocenters. The summed E-state index contributed by atoms with van der Waals surface area (Å²) in [6.07, 6.45) is 6.80. The van der Waals surface area contributed by atoms with Gasteiger partial charge in [-0.25, -0.2) is 0 Å². The van der Waals surface area contributed by atoms with Gasteiger partial charge in [0, 0.05) is 30.0 Å². The molecule has 0 saturated carbocycles. The highest BCUT2D eigenvalue weighted by atomic mass is 16.2. The van der Waals surface area contributed by atoms with Crippen LogP contribution in [0.2, 0.25) is 0 Å². The van der Waals surface area contributed by atoms with E-state index in [-0.39, 0.29) is 18.0 Å². The van der Waals surface area contributed by atoms with Gasteiger partial charge in [-0.2, -0.15) is 5.10 Å². The van der Waals surface area contributed by atoms with E-state index in [2.05, 4.69) is 29.0 Å². The summed E-state index contributed by atoms with van der Waals surface area (Å²) in [7, 11) is 0. The molecule has 5 heteroatoms. The van der Waals surface area contributed by atoms with Crippen molar-refractivity contribution in [3.05, 3.63) is 36.3 Å². The predicted molar refractivity (Wildman–Crippen MR) is 80.8 cm³/mol. The van der Waals surface area contributed by atoms with Crippen molar-refractivity contribution in [3.8, 4) is 11.3 Å². The summed E-state index contributed by atoms with van der Waals surface area (Å²) in [6.45, 7) is 4.23. The third-order valence-electron chi connectivity index (χ3n) is 4.19. The van der Waals surface area contributed by atoms with Gasteiger partial charge >= 0.3 is 0 Å². The van der Waals surface area contributed by atoms with Gasteiger partial charge in [0.05, 0.1) is 5.69 Å². The maximum atomic E-state index is 12.7. The second-order valence-corrected chi connectivity index (χ2v) is 5.75. The van der Waals surface area contributed by atoms with Crippen LogP contribution in [0.4, 0.5) is 0 Å². The molecule has 0 bridgehead atoms. The molecule has 1 amide bonds. The third kappa shape index (κ3) is 2.68. The van der Waals surface area contributed by atoms with Crippen molar-refractivity contribution < 1.29 is 4.79 Å². The number of hydrogen-bond donors (Lipinski definition) is 1. The molecule has 1 saturated heterocycles. The Balaban J connectivity index is 1.84. The van der Waals surface area contributed by atoms with Crippen molar-refractivity contribution in [1.29, 1.82) is 0 Å². The fourth-order valence-electron chi connectivity index (χ4n) is 3.05. The van der Waals surface area contributed by atoms with Gasteiger partial charge in [-0.3, -0.25) is 14.9 Å². The van der Waals surface area contributed by atoms with Crippen LogP contribution < -0.4 is 0 Å². The Morgan fingerprint density at radius 3 is 2.76 bits per heavy atom. The Hall–Kier alpha value is -2.17. The first-order valence-electron chi connectivity index (χ1n) is 7.45. The van der Waals surface area contributed by atoms with Crippen LogP contribution in [0.15, 0.2) is 30.6 Å². The van der Waals surface area contributed by atoms with Crippen molar-refractivity contribution in [2.45, 2.75) is 45.2 Å². The summed E-state index contributed by atoms with van der Waals surface area (Å²) in [5.41, 5.74) is 2.21. The molecule has 1 N–H and O–H groups in total. The zero-order valence-corrected chi connectivity index (χ0v) is 12.4. The minimum absolute atomic E-state index is 0.0392. The summed E-state index contributed by atoms with van der Waals surface area (Å²) >= 11 is 0. The van der Waals surface area contributed by atoms with Crippen LogP contribution in [0.1, 0.15) is 43.6 Å². The minimum Gasteiger partial charge on any atom is -0.332 e. The standard InChI is InChI=1S/C16H20N4O/c1-11-5-3-6-12(2)20(11)16(21)15-9-14(18-19-15)13-7-4-8-17-10-13/h4,7-12H,3,5-6H2,1-2H3,(H,18,19). The van der Waals surface area contributed by atoms with Gasteiger partial charge in [0.2, 0.25) is 0 Å². The van der Waals surface area contributed by atoms with E-state index in [9.17, 15) is 4.79 Å². The lowest BCUT2D eigenvalue weighted by molar-refractivity contribution is 0.0504. The molecule has 1 aliphatic heterocycles. The Kier molecular flexibility index (Phi) is 3.73. The van der Waals surface area contributed by atoms with Gasteiger partial charge in [0.25, 0.3) is 5.91 Å². The SMILES string of the molecule is CC1CCCC(C)N1C(=O)c1cc(-c2cccnc2)n[nH]1. The van der Waals surface area contributed by atoms with E-state index in [4.69, 9.17) is 0 Å². The largest absolute Gasteiger partial charge is 0.332 e. The molecule has 3 heterocycles. The monoisotopic (exact) mass is 284 g/mol. The van der Waals surface area contributed by atoms with Gasteiger partial charge in [-0.15, -0.1) is 0 Å². The van der Waals surface area contributed by atoms with Crippen molar-refractivity contribution in [2.24, 2.45) is 0 Å². The molecule has 21 heavy (non-hydrogen) atoms. The van der Waals surface area contributed by atoms with Crippen LogP contribution in [0.5, 0.6) is 0 Å². The Bertz CT molecular complexity index is 612. The van der Waals surface area contributed by atoms with Crippen LogP contribution in [-0.4, -0.2) is 38.1 Å². The Labute approximate surface area is 124 Å². The van der Waals surface area contributed by atoms with Crippen molar-refractivity contribution in [2.75, 3.05) is 0 Å². The molecule has 1 fully saturated rings. The number of pyridine rings is 1. The number of amides is 1. The second-order valence-electron chi connectivity index (χ2n) is 5.75. The predicted octanol–water partition coefficient (Wildman–Crippen LogP) is 2.87. The molecule has 0 radical (unpaired) electrons. The third-order valence-corrected chi connectivity index (χ3v) is 4.19. The van der Waals surface area contributed by atoms with E-state index in [1.807, 2.05) is 23.1 Å². The highest BCUT2D eigenvalue weighted by Gasteiger charge is 2.30. The van der Waals surface area contributed by atoms with Crippen LogP contribution in [0, 0.1) is 0 Å². The van der Waals surface area contributed by atoms with E-state index in [1.165, 1.54) is 6.42 Å². The fraction of sp³-hybridized carbons (Fsp3) is 0.438. The first-order chi connectivity index (χ1) is 10.2. The molecule has 2 aromatic heterocycles. The first kappa shape index (κ1) is 13.8. The summed E-state index contributed by atoms with van der Waals surface area (Å²) in [5, 5.41) is 7.11. The molecule has 110 valence electrons. The van der Waals surface area contributed by atoms with Crippen molar-refractivity contribution in [1.82, 2.24) is 20.1 Å². The Morgan fingerprint density at radius 1 is 1.33 bits per heavy atom. The quantitative estimate of drug-likeness (QED) is 0.922. The molecule has 5 nitrogen and oxygen atoms in total. The molecule has 0 aliphatic carbocycles. The number of carbonyl (C=O) groups excluding carboxylic acids is 1. The molecule has 0 aromatic carbocycles. The highest BCUT2D eigenvalue weighted by Crippen LogP contribution is 2.25. The zero-order valence-electron chi connectivity index (χ0n) is 12.4. The second kappa shape index (κ2) is 5.68. The lowest BCUT2D eigenvalue weighted by Gasteiger charge is -2.38. The highest BCUT2D eigenvalue weighted by molar-refractivity contribution is 5.93. The lowest BCUT2D eigenvalue weighted by Crippen LogP contribution is -2.47. The number of nitrogens with zero attached hydrogens (tertiary/aromatic N) is 3. The maximum absolute atomic E-state index is 12.7. The number of hydrogen-bond acceptors (Lipinski definition) is 3. The smallest absolute Gasteiger partial charge is 0.272 e. The van der Waals surface area contributed by atoms with Gasteiger partial charge in [-0.1, -0.05) is 0 Å². The van der Waals surface area contributed by atoms with E-state index >= 15 is 0 Å². The van der Waals surface area contributed by atoms with Crippen LogP contribution in [0.3, 0.4) is 0 Å². The number of likely N-dealkylation sites (tertiary alicyclic amines) is 1. The molecule has 2 atom stereocenters. The number of carbonyl (C=O) groups is 1. The Morgan fingerprint density at radius 2 is 2.10 bits per heavy atom. The molecule has 2 aromatic rings. The van der Waals surface area contributed by atoms with Crippen LogP contribution in [0.25, 0.3) is 11.3 Å². The normalized spacial score (nSPS) is 22.3.